The minimum Gasteiger partial charge on any atom is -0.449 e. The second-order valence-corrected chi connectivity index (χ2v) is 5.75. The van der Waals surface area contributed by atoms with Gasteiger partial charge >= 0.3 is 18.0 Å². The first-order valence-electron chi connectivity index (χ1n) is 7.72. The van der Waals surface area contributed by atoms with Crippen LogP contribution in [0.25, 0.3) is 5.69 Å². The molecule has 0 aliphatic rings. The lowest BCUT2D eigenvalue weighted by atomic mass is 10.2. The lowest BCUT2D eigenvalue weighted by Gasteiger charge is -2.14. The van der Waals surface area contributed by atoms with Crippen LogP contribution in [0.5, 0.6) is 0 Å². The van der Waals surface area contributed by atoms with Gasteiger partial charge in [-0.1, -0.05) is 11.6 Å². The molecule has 0 unspecified atom stereocenters. The summed E-state index contributed by atoms with van der Waals surface area (Å²) < 4.78 is 44.3. The first-order chi connectivity index (χ1) is 13.1. The molecule has 1 amide bonds. The number of halogens is 4. The zero-order valence-corrected chi connectivity index (χ0v) is 15.3. The van der Waals surface area contributed by atoms with Crippen LogP contribution in [-0.4, -0.2) is 28.0 Å². The van der Waals surface area contributed by atoms with Crippen LogP contribution in [0.15, 0.2) is 39.0 Å². The van der Waals surface area contributed by atoms with Crippen molar-refractivity contribution in [3.63, 3.8) is 0 Å². The zero-order valence-electron chi connectivity index (χ0n) is 14.6. The number of hydrogen-bond acceptors (Lipinski definition) is 5. The highest BCUT2D eigenvalue weighted by molar-refractivity contribution is 6.33. The van der Waals surface area contributed by atoms with Gasteiger partial charge in [0, 0.05) is 23.7 Å². The first-order valence-corrected chi connectivity index (χ1v) is 8.10. The van der Waals surface area contributed by atoms with E-state index in [1.54, 1.807) is 6.92 Å². The predicted molar refractivity (Wildman–Crippen MR) is 95.0 cm³/mol. The molecule has 1 heterocycles. The van der Waals surface area contributed by atoms with Crippen molar-refractivity contribution in [1.29, 1.82) is 0 Å². The van der Waals surface area contributed by atoms with Gasteiger partial charge in [0.2, 0.25) is 0 Å². The van der Waals surface area contributed by atoms with Gasteiger partial charge in [-0.2, -0.15) is 18.3 Å². The maximum Gasteiger partial charge on any atom is 0.431 e. The molecule has 1 aromatic heterocycles. The number of alkyl halides is 3. The third-order valence-electron chi connectivity index (χ3n) is 3.48. The van der Waals surface area contributed by atoms with E-state index in [0.29, 0.717) is 15.2 Å². The summed E-state index contributed by atoms with van der Waals surface area (Å²) in [6, 6.07) is 4.20. The van der Waals surface area contributed by atoms with Gasteiger partial charge in [-0.3, -0.25) is 9.36 Å². The van der Waals surface area contributed by atoms with Crippen LogP contribution in [0.2, 0.25) is 5.02 Å². The van der Waals surface area contributed by atoms with Crippen molar-refractivity contribution in [1.82, 2.24) is 14.6 Å². The quantitative estimate of drug-likeness (QED) is 0.609. The topological polar surface area (TPSA) is 94.7 Å². The number of carbonyl (C=O) groups excluding carboxylic acids is 1. The summed E-state index contributed by atoms with van der Waals surface area (Å²) in [5.41, 5.74) is -1.48. The molecule has 12 heteroatoms. The number of ether oxygens (including phenoxy) is 1. The van der Waals surface area contributed by atoms with Crippen molar-refractivity contribution in [3.8, 4) is 5.69 Å². The lowest BCUT2D eigenvalue weighted by Crippen LogP contribution is -2.40. The van der Waals surface area contributed by atoms with Gasteiger partial charge in [-0.15, -0.1) is 0 Å². The van der Waals surface area contributed by atoms with Crippen molar-refractivity contribution in [2.45, 2.75) is 13.1 Å². The number of nitrogens with zero attached hydrogens (tertiary/aromatic N) is 3. The fourth-order valence-corrected chi connectivity index (χ4v) is 2.39. The Morgan fingerprint density at radius 1 is 1.32 bits per heavy atom. The fourth-order valence-electron chi connectivity index (χ4n) is 2.22. The Bertz CT molecular complexity index is 1040. The van der Waals surface area contributed by atoms with Gasteiger partial charge in [-0.25, -0.2) is 19.6 Å². The maximum absolute atomic E-state index is 12.9. The molecule has 2 rings (SSSR count). The van der Waals surface area contributed by atoms with Crippen LogP contribution in [0.3, 0.4) is 0 Å². The summed E-state index contributed by atoms with van der Waals surface area (Å²) >= 11 is 6.00. The van der Waals surface area contributed by atoms with Gasteiger partial charge in [0.05, 0.1) is 18.5 Å². The molecule has 1 N–H and O–H groups in total. The van der Waals surface area contributed by atoms with Gasteiger partial charge in [0.1, 0.15) is 5.69 Å². The minimum absolute atomic E-state index is 0.0266. The fraction of sp³-hybridized carbons (Fsp3) is 0.250. The van der Waals surface area contributed by atoms with E-state index in [1.807, 2.05) is 0 Å². The Balaban J connectivity index is 2.49. The molecule has 150 valence electrons. The molecule has 0 bridgehead atoms. The van der Waals surface area contributed by atoms with Gasteiger partial charge in [0.25, 0.3) is 5.56 Å². The molecule has 0 saturated heterocycles. The van der Waals surface area contributed by atoms with Gasteiger partial charge in [-0.05, 0) is 25.1 Å². The van der Waals surface area contributed by atoms with E-state index < -0.39 is 29.2 Å². The molecule has 0 aliphatic carbocycles. The third-order valence-corrected chi connectivity index (χ3v) is 3.83. The van der Waals surface area contributed by atoms with E-state index in [9.17, 15) is 27.6 Å². The highest BCUT2D eigenvalue weighted by atomic mass is 35.5. The van der Waals surface area contributed by atoms with Crippen molar-refractivity contribution >= 4 is 23.9 Å². The summed E-state index contributed by atoms with van der Waals surface area (Å²) in [4.78, 5) is 35.6. The van der Waals surface area contributed by atoms with Crippen molar-refractivity contribution in [2.24, 2.45) is 12.1 Å². The molecule has 2 aromatic rings. The largest absolute Gasteiger partial charge is 0.449 e. The van der Waals surface area contributed by atoms with Crippen LogP contribution < -0.4 is 16.7 Å². The zero-order chi connectivity index (χ0) is 21.1. The molecule has 0 fully saturated rings. The van der Waals surface area contributed by atoms with E-state index in [-0.39, 0.29) is 22.9 Å². The Hall–Kier alpha value is -3.08. The molecular weight excluding hydrogens is 405 g/mol. The van der Waals surface area contributed by atoms with E-state index in [0.717, 1.165) is 13.3 Å². The molecule has 1 aromatic carbocycles. The number of hydrazone groups is 1. The molecule has 0 aliphatic heterocycles. The molecule has 28 heavy (non-hydrogen) atoms. The maximum atomic E-state index is 12.9. The van der Waals surface area contributed by atoms with E-state index >= 15 is 0 Å². The normalized spacial score (nSPS) is 11.6. The average Bonchev–Trinajstić information content (AvgIpc) is 2.60. The second kappa shape index (κ2) is 8.30. The average molecular weight is 419 g/mol. The standard InChI is InChI=1S/C16H14ClF3N4O4/c1-3-28-14(26)22-21-8-9-6-10(4-5-11(9)17)24-13(25)7-12(16(18,19)20)23(2)15(24)27/h4-8H,3H2,1-2H3,(H,22,26). The Morgan fingerprint density at radius 2 is 2.00 bits per heavy atom. The highest BCUT2D eigenvalue weighted by Crippen LogP contribution is 2.27. The summed E-state index contributed by atoms with van der Waals surface area (Å²) in [6.07, 6.45) is -4.54. The van der Waals surface area contributed by atoms with Gasteiger partial charge < -0.3 is 4.74 Å². The lowest BCUT2D eigenvalue weighted by molar-refractivity contribution is -0.144. The van der Waals surface area contributed by atoms with E-state index in [1.165, 1.54) is 18.2 Å². The molecule has 0 atom stereocenters. The molecule has 0 spiro atoms. The van der Waals surface area contributed by atoms with Crippen molar-refractivity contribution in [3.05, 3.63) is 61.4 Å². The van der Waals surface area contributed by atoms with E-state index in [2.05, 4.69) is 15.3 Å². The number of nitrogens with one attached hydrogen (secondary N) is 1. The van der Waals surface area contributed by atoms with Crippen molar-refractivity contribution in [2.75, 3.05) is 6.61 Å². The molecular formula is C16H14ClF3N4O4. The number of benzene rings is 1. The Morgan fingerprint density at radius 3 is 2.61 bits per heavy atom. The number of rotatable bonds is 4. The van der Waals surface area contributed by atoms with Crippen LogP contribution in [-0.2, 0) is 18.0 Å². The number of aromatic nitrogens is 2. The highest BCUT2D eigenvalue weighted by Gasteiger charge is 2.35. The van der Waals surface area contributed by atoms with Crippen LogP contribution in [0.4, 0.5) is 18.0 Å². The summed E-state index contributed by atoms with van der Waals surface area (Å²) in [5, 5.41) is 3.77. The molecule has 0 saturated carbocycles. The minimum atomic E-state index is -4.86. The monoisotopic (exact) mass is 418 g/mol. The van der Waals surface area contributed by atoms with Gasteiger partial charge in [0.15, 0.2) is 0 Å². The number of amides is 1. The number of hydrogen-bond donors (Lipinski definition) is 1. The van der Waals surface area contributed by atoms with Crippen molar-refractivity contribution < 1.29 is 22.7 Å². The first kappa shape index (κ1) is 21.2. The second-order valence-electron chi connectivity index (χ2n) is 5.34. The SMILES string of the molecule is CCOC(=O)NN=Cc1cc(-n2c(=O)cc(C(F)(F)F)n(C)c2=O)ccc1Cl. The molecule has 8 nitrogen and oxygen atoms in total. The summed E-state index contributed by atoms with van der Waals surface area (Å²) in [6.45, 7) is 1.74. The molecule has 0 radical (unpaired) electrons. The smallest absolute Gasteiger partial charge is 0.431 e. The number of carbonyl (C=O) groups is 1. The Labute approximate surface area is 160 Å². The summed E-state index contributed by atoms with van der Waals surface area (Å²) in [5.74, 6) is 0. The Kier molecular flexibility index (Phi) is 6.29. The van der Waals surface area contributed by atoms with Crippen LogP contribution >= 0.6 is 11.6 Å². The van der Waals surface area contributed by atoms with E-state index in [4.69, 9.17) is 11.6 Å². The third kappa shape index (κ3) is 4.60. The van der Waals surface area contributed by atoms with Crippen LogP contribution in [0.1, 0.15) is 18.2 Å². The van der Waals surface area contributed by atoms with Crippen LogP contribution in [0, 0.1) is 0 Å². The predicted octanol–water partition coefficient (Wildman–Crippen LogP) is 2.29. The summed E-state index contributed by atoms with van der Waals surface area (Å²) in [7, 11) is 0.905.